The number of ether oxygens (including phenoxy) is 1. The average molecular weight is 311 g/mol. The zero-order chi connectivity index (χ0) is 15.3. The molecule has 1 aromatic carbocycles. The molecule has 2 rings (SSSR count). The molecule has 0 saturated carbocycles. The van der Waals surface area contributed by atoms with Gasteiger partial charge < -0.3 is 9.84 Å². The fourth-order valence-corrected chi connectivity index (χ4v) is 2.93. The monoisotopic (exact) mass is 311 g/mol. The maximum Gasteiger partial charge on any atom is 0.240 e. The number of aliphatic hydroxyl groups excluding tert-OH is 1. The van der Waals surface area contributed by atoms with E-state index in [4.69, 9.17) is 4.74 Å². The normalized spacial score (nSPS) is 11.5. The highest BCUT2D eigenvalue weighted by Gasteiger charge is 2.15. The molecule has 0 atom stereocenters. The highest BCUT2D eigenvalue weighted by molar-refractivity contribution is 7.89. The molecule has 21 heavy (non-hydrogen) atoms. The zero-order valence-corrected chi connectivity index (χ0v) is 12.4. The summed E-state index contributed by atoms with van der Waals surface area (Å²) in [6, 6.07) is 6.13. The van der Waals surface area contributed by atoms with Crippen LogP contribution in [0.2, 0.25) is 0 Å². The second-order valence-electron chi connectivity index (χ2n) is 4.30. The molecule has 0 aliphatic rings. The lowest BCUT2D eigenvalue weighted by molar-refractivity contribution is 0.273. The molecule has 0 aliphatic heterocycles. The van der Waals surface area contributed by atoms with Gasteiger partial charge in [-0.25, -0.2) is 13.1 Å². The quantitative estimate of drug-likeness (QED) is 0.770. The van der Waals surface area contributed by atoms with Crippen LogP contribution in [0.3, 0.4) is 0 Å². The van der Waals surface area contributed by atoms with E-state index < -0.39 is 10.0 Å². The summed E-state index contributed by atoms with van der Waals surface area (Å²) < 4.78 is 33.5. The summed E-state index contributed by atoms with van der Waals surface area (Å²) in [7, 11) is -2.17. The van der Waals surface area contributed by atoms with Crippen LogP contribution >= 0.6 is 0 Å². The first-order valence-electron chi connectivity index (χ1n) is 6.31. The van der Waals surface area contributed by atoms with Gasteiger partial charge in [0.1, 0.15) is 5.75 Å². The van der Waals surface area contributed by atoms with Crippen molar-refractivity contribution < 1.29 is 18.3 Å². The molecule has 114 valence electrons. The summed E-state index contributed by atoms with van der Waals surface area (Å²) in [5.41, 5.74) is 0.424. The Morgan fingerprint density at radius 2 is 2.24 bits per heavy atom. The van der Waals surface area contributed by atoms with E-state index in [1.807, 2.05) is 0 Å². The van der Waals surface area contributed by atoms with Gasteiger partial charge in [0.05, 0.1) is 25.2 Å². The van der Waals surface area contributed by atoms with Gasteiger partial charge in [0.25, 0.3) is 0 Å². The van der Waals surface area contributed by atoms with Crippen molar-refractivity contribution in [1.82, 2.24) is 14.5 Å². The van der Waals surface area contributed by atoms with Crippen LogP contribution < -0.4 is 9.46 Å². The van der Waals surface area contributed by atoms with Crippen molar-refractivity contribution in [3.05, 3.63) is 42.2 Å². The van der Waals surface area contributed by atoms with E-state index in [0.29, 0.717) is 17.9 Å². The van der Waals surface area contributed by atoms with Gasteiger partial charge in [0.2, 0.25) is 10.0 Å². The molecule has 0 fully saturated rings. The summed E-state index contributed by atoms with van der Waals surface area (Å²) in [6.45, 7) is 0.375. The molecule has 8 heteroatoms. The van der Waals surface area contributed by atoms with Crippen molar-refractivity contribution in [3.8, 4) is 5.75 Å². The van der Waals surface area contributed by atoms with Crippen LogP contribution in [0.4, 0.5) is 0 Å². The molecule has 1 heterocycles. The van der Waals surface area contributed by atoms with E-state index in [1.165, 1.54) is 25.3 Å². The summed E-state index contributed by atoms with van der Waals surface area (Å²) in [5, 5.41) is 13.2. The van der Waals surface area contributed by atoms with Crippen LogP contribution in [0.25, 0.3) is 0 Å². The maximum absolute atomic E-state index is 12.2. The minimum atomic E-state index is -3.63. The van der Waals surface area contributed by atoms with E-state index in [9.17, 15) is 13.5 Å². The topological polar surface area (TPSA) is 93.5 Å². The predicted octanol–water partition coefficient (Wildman–Crippen LogP) is 0.362. The number of sulfonamides is 1. The van der Waals surface area contributed by atoms with Crippen molar-refractivity contribution in [2.24, 2.45) is 0 Å². The molecular formula is C13H17N3O4S. The molecule has 0 aliphatic carbocycles. The molecule has 0 unspecified atom stereocenters. The first-order valence-corrected chi connectivity index (χ1v) is 7.80. The van der Waals surface area contributed by atoms with E-state index in [2.05, 4.69) is 9.82 Å². The largest absolute Gasteiger partial charge is 0.496 e. The molecule has 0 spiro atoms. The minimum Gasteiger partial charge on any atom is -0.496 e. The highest BCUT2D eigenvalue weighted by Crippen LogP contribution is 2.22. The number of nitrogens with one attached hydrogen (secondary N) is 1. The SMILES string of the molecule is COc1ccc(S(=O)(=O)NCCn2cccn2)cc1CO. The molecule has 0 amide bonds. The van der Waals surface area contributed by atoms with Crippen molar-refractivity contribution in [2.45, 2.75) is 18.0 Å². The van der Waals surface area contributed by atoms with Crippen LogP contribution in [0.1, 0.15) is 5.56 Å². The Kier molecular flexibility index (Phi) is 4.94. The molecule has 1 aromatic heterocycles. The van der Waals surface area contributed by atoms with E-state index >= 15 is 0 Å². The van der Waals surface area contributed by atoms with Crippen molar-refractivity contribution in [3.63, 3.8) is 0 Å². The standard InChI is InChI=1S/C13H17N3O4S/c1-20-13-4-3-12(9-11(13)10-17)21(18,19)15-6-8-16-7-2-5-14-16/h2-5,7,9,15,17H,6,8,10H2,1H3. The first kappa shape index (κ1) is 15.5. The van der Waals surface area contributed by atoms with Gasteiger partial charge in [-0.1, -0.05) is 0 Å². The first-order chi connectivity index (χ1) is 10.1. The summed E-state index contributed by atoms with van der Waals surface area (Å²) in [5.74, 6) is 0.452. The Balaban J connectivity index is 2.08. The Morgan fingerprint density at radius 1 is 1.43 bits per heavy atom. The number of aliphatic hydroxyl groups is 1. The molecular weight excluding hydrogens is 294 g/mol. The van der Waals surface area contributed by atoms with E-state index in [0.717, 1.165) is 0 Å². The number of rotatable bonds is 7. The van der Waals surface area contributed by atoms with Crippen LogP contribution in [0, 0.1) is 0 Å². The van der Waals surface area contributed by atoms with Gasteiger partial charge in [0, 0.05) is 24.5 Å². The lowest BCUT2D eigenvalue weighted by atomic mass is 10.2. The Labute approximate surface area is 123 Å². The number of methoxy groups -OCH3 is 1. The van der Waals surface area contributed by atoms with Gasteiger partial charge >= 0.3 is 0 Å². The third-order valence-corrected chi connectivity index (χ3v) is 4.38. The lowest BCUT2D eigenvalue weighted by Gasteiger charge is -2.10. The third-order valence-electron chi connectivity index (χ3n) is 2.92. The van der Waals surface area contributed by atoms with Crippen LogP contribution in [-0.4, -0.2) is 37.0 Å². The van der Waals surface area contributed by atoms with Crippen LogP contribution in [-0.2, 0) is 23.2 Å². The molecule has 2 N–H and O–H groups in total. The molecule has 2 aromatic rings. The highest BCUT2D eigenvalue weighted by atomic mass is 32.2. The van der Waals surface area contributed by atoms with Crippen molar-refractivity contribution >= 4 is 10.0 Å². The predicted molar refractivity (Wildman–Crippen MR) is 76.3 cm³/mol. The molecule has 0 radical (unpaired) electrons. The smallest absolute Gasteiger partial charge is 0.240 e. The van der Waals surface area contributed by atoms with Crippen LogP contribution in [0.5, 0.6) is 5.75 Å². The number of benzene rings is 1. The maximum atomic E-state index is 12.2. The van der Waals surface area contributed by atoms with E-state index in [1.54, 1.807) is 23.1 Å². The molecule has 0 bridgehead atoms. The third kappa shape index (κ3) is 3.81. The van der Waals surface area contributed by atoms with Gasteiger partial charge in [-0.05, 0) is 24.3 Å². The fourth-order valence-electron chi connectivity index (χ4n) is 1.86. The minimum absolute atomic E-state index is 0.0906. The molecule has 0 saturated heterocycles. The van der Waals surface area contributed by atoms with Gasteiger partial charge in [0.15, 0.2) is 0 Å². The van der Waals surface area contributed by atoms with E-state index in [-0.39, 0.29) is 18.0 Å². The van der Waals surface area contributed by atoms with Crippen molar-refractivity contribution in [2.75, 3.05) is 13.7 Å². The Bertz CT molecular complexity index is 683. The number of nitrogens with zero attached hydrogens (tertiary/aromatic N) is 2. The average Bonchev–Trinajstić information content (AvgIpc) is 2.99. The fraction of sp³-hybridized carbons (Fsp3) is 0.308. The van der Waals surface area contributed by atoms with Gasteiger partial charge in [-0.2, -0.15) is 5.10 Å². The van der Waals surface area contributed by atoms with Gasteiger partial charge in [-0.3, -0.25) is 4.68 Å². The zero-order valence-electron chi connectivity index (χ0n) is 11.6. The van der Waals surface area contributed by atoms with Crippen LogP contribution in [0.15, 0.2) is 41.6 Å². The van der Waals surface area contributed by atoms with Crippen molar-refractivity contribution in [1.29, 1.82) is 0 Å². The lowest BCUT2D eigenvalue weighted by Crippen LogP contribution is -2.27. The summed E-state index contributed by atoms with van der Waals surface area (Å²) in [4.78, 5) is 0.0906. The Morgan fingerprint density at radius 3 is 2.86 bits per heavy atom. The summed E-state index contributed by atoms with van der Waals surface area (Å²) >= 11 is 0. The number of aromatic nitrogens is 2. The second kappa shape index (κ2) is 6.70. The summed E-state index contributed by atoms with van der Waals surface area (Å²) in [6.07, 6.45) is 3.39. The van der Waals surface area contributed by atoms with Gasteiger partial charge in [-0.15, -0.1) is 0 Å². The Hall–Kier alpha value is -1.90. The number of hydrogen-bond acceptors (Lipinski definition) is 5. The molecule has 7 nitrogen and oxygen atoms in total. The second-order valence-corrected chi connectivity index (χ2v) is 6.07. The number of hydrogen-bond donors (Lipinski definition) is 2.